The van der Waals surface area contributed by atoms with E-state index in [0.29, 0.717) is 17.4 Å². The van der Waals surface area contributed by atoms with Crippen LogP contribution in [-0.2, 0) is 12.8 Å². The van der Waals surface area contributed by atoms with Gasteiger partial charge in [0.1, 0.15) is 4.83 Å². The van der Waals surface area contributed by atoms with Crippen LogP contribution >= 0.6 is 23.1 Å². The van der Waals surface area contributed by atoms with Crippen molar-refractivity contribution in [3.63, 3.8) is 0 Å². The summed E-state index contributed by atoms with van der Waals surface area (Å²) in [6.07, 6.45) is 11.4. The van der Waals surface area contributed by atoms with Gasteiger partial charge in [0.25, 0.3) is 5.56 Å². The van der Waals surface area contributed by atoms with Gasteiger partial charge >= 0.3 is 0 Å². The zero-order valence-corrected chi connectivity index (χ0v) is 18.1. The summed E-state index contributed by atoms with van der Waals surface area (Å²) in [7, 11) is 0. The highest BCUT2D eigenvalue weighted by Gasteiger charge is 2.32. The van der Waals surface area contributed by atoms with E-state index in [1.165, 1.54) is 36.1 Å². The standard InChI is InChI=1S/C21H30N2OS2/c1-21(2,3)13-10-11-15-16(12-13)26-18-17(15)19(24)23(20(22-18)25-4)14-8-6-5-7-9-14/h13-14H,5-12H2,1-4H3/t13-/m1/s1. The van der Waals surface area contributed by atoms with E-state index in [-0.39, 0.29) is 5.56 Å². The van der Waals surface area contributed by atoms with Gasteiger partial charge in [0.05, 0.1) is 5.39 Å². The first-order chi connectivity index (χ1) is 12.4. The molecule has 0 saturated heterocycles. The lowest BCUT2D eigenvalue weighted by molar-refractivity contribution is 0.218. The number of nitrogens with zero attached hydrogens (tertiary/aromatic N) is 2. The fourth-order valence-corrected chi connectivity index (χ4v) is 6.72. The molecule has 2 heterocycles. The van der Waals surface area contributed by atoms with Crippen LogP contribution in [0.5, 0.6) is 0 Å². The summed E-state index contributed by atoms with van der Waals surface area (Å²) in [4.78, 5) is 20.9. The molecule has 2 aromatic rings. The molecular weight excluding hydrogens is 360 g/mol. The fourth-order valence-electron chi connectivity index (χ4n) is 4.76. The van der Waals surface area contributed by atoms with Crippen molar-refractivity contribution in [3.05, 3.63) is 20.8 Å². The van der Waals surface area contributed by atoms with Crippen molar-refractivity contribution in [1.82, 2.24) is 9.55 Å². The molecule has 1 fully saturated rings. The van der Waals surface area contributed by atoms with Crippen LogP contribution in [0.15, 0.2) is 9.95 Å². The monoisotopic (exact) mass is 390 g/mol. The molecule has 0 spiro atoms. The van der Waals surface area contributed by atoms with Gasteiger partial charge in [0.2, 0.25) is 0 Å². The molecule has 26 heavy (non-hydrogen) atoms. The summed E-state index contributed by atoms with van der Waals surface area (Å²) in [5.74, 6) is 0.698. The van der Waals surface area contributed by atoms with Crippen LogP contribution in [0.1, 0.15) is 75.8 Å². The number of aryl methyl sites for hydroxylation is 1. The first-order valence-electron chi connectivity index (χ1n) is 10.0. The Morgan fingerprint density at radius 3 is 2.54 bits per heavy atom. The van der Waals surface area contributed by atoms with Gasteiger partial charge in [-0.3, -0.25) is 9.36 Å². The lowest BCUT2D eigenvalue weighted by Gasteiger charge is -2.33. The van der Waals surface area contributed by atoms with Crippen LogP contribution in [0.2, 0.25) is 0 Å². The lowest BCUT2D eigenvalue weighted by atomic mass is 9.72. The zero-order chi connectivity index (χ0) is 18.5. The maximum absolute atomic E-state index is 13.5. The van der Waals surface area contributed by atoms with Gasteiger partial charge in [-0.15, -0.1) is 11.3 Å². The van der Waals surface area contributed by atoms with Crippen molar-refractivity contribution in [2.75, 3.05) is 6.26 Å². The van der Waals surface area contributed by atoms with Gasteiger partial charge in [0.15, 0.2) is 5.16 Å². The van der Waals surface area contributed by atoms with Crippen molar-refractivity contribution in [3.8, 4) is 0 Å². The van der Waals surface area contributed by atoms with Gasteiger partial charge < -0.3 is 0 Å². The minimum Gasteiger partial charge on any atom is -0.284 e. The maximum Gasteiger partial charge on any atom is 0.263 e. The molecule has 0 aromatic carbocycles. The van der Waals surface area contributed by atoms with Crippen LogP contribution in [-0.4, -0.2) is 15.8 Å². The first-order valence-corrected chi connectivity index (χ1v) is 12.0. The molecule has 1 saturated carbocycles. The van der Waals surface area contributed by atoms with E-state index in [1.807, 2.05) is 0 Å². The third kappa shape index (κ3) is 3.15. The number of rotatable bonds is 2. The van der Waals surface area contributed by atoms with Crippen LogP contribution in [0.4, 0.5) is 0 Å². The van der Waals surface area contributed by atoms with E-state index in [4.69, 9.17) is 4.98 Å². The maximum atomic E-state index is 13.5. The predicted octanol–water partition coefficient (Wildman–Crippen LogP) is 5.84. The molecule has 1 atom stereocenters. The molecule has 2 aromatic heterocycles. The minimum atomic E-state index is 0.234. The second-order valence-electron chi connectivity index (χ2n) is 9.06. The van der Waals surface area contributed by atoms with E-state index >= 15 is 0 Å². The van der Waals surface area contributed by atoms with E-state index in [9.17, 15) is 4.79 Å². The highest BCUT2D eigenvalue weighted by molar-refractivity contribution is 7.98. The Balaban J connectivity index is 1.84. The van der Waals surface area contributed by atoms with Gasteiger partial charge in [-0.2, -0.15) is 0 Å². The summed E-state index contributed by atoms with van der Waals surface area (Å²) in [6, 6.07) is 0.345. The Hall–Kier alpha value is -0.810. The topological polar surface area (TPSA) is 34.9 Å². The minimum absolute atomic E-state index is 0.234. The van der Waals surface area contributed by atoms with Crippen molar-refractivity contribution in [2.24, 2.45) is 11.3 Å². The number of hydrogen-bond donors (Lipinski definition) is 0. The van der Waals surface area contributed by atoms with Crippen LogP contribution in [0.25, 0.3) is 10.2 Å². The molecular formula is C21H30N2OS2. The predicted molar refractivity (Wildman–Crippen MR) is 113 cm³/mol. The fraction of sp³-hybridized carbons (Fsp3) is 0.714. The normalized spacial score (nSPS) is 21.9. The third-order valence-electron chi connectivity index (χ3n) is 6.43. The van der Waals surface area contributed by atoms with Gasteiger partial charge in [-0.25, -0.2) is 4.98 Å². The van der Waals surface area contributed by atoms with Crippen LogP contribution in [0.3, 0.4) is 0 Å². The SMILES string of the molecule is CSc1nc2sc3c(c2c(=O)n1C1CCCCC1)CC[C@@H](C(C)(C)C)C3. The molecule has 0 unspecified atom stereocenters. The Kier molecular flexibility index (Phi) is 4.98. The summed E-state index contributed by atoms with van der Waals surface area (Å²) in [6.45, 7) is 7.03. The van der Waals surface area contributed by atoms with E-state index in [1.54, 1.807) is 23.1 Å². The van der Waals surface area contributed by atoms with Gasteiger partial charge in [0, 0.05) is 10.9 Å². The van der Waals surface area contributed by atoms with E-state index in [0.717, 1.165) is 41.1 Å². The average molecular weight is 391 g/mol. The first kappa shape index (κ1) is 18.5. The Morgan fingerprint density at radius 1 is 1.15 bits per heavy atom. The molecule has 0 amide bonds. The molecule has 0 aliphatic heterocycles. The smallest absolute Gasteiger partial charge is 0.263 e. The third-order valence-corrected chi connectivity index (χ3v) is 8.23. The van der Waals surface area contributed by atoms with Gasteiger partial charge in [-0.1, -0.05) is 51.8 Å². The zero-order valence-electron chi connectivity index (χ0n) is 16.4. The average Bonchev–Trinajstić information content (AvgIpc) is 2.99. The second-order valence-corrected chi connectivity index (χ2v) is 10.9. The highest BCUT2D eigenvalue weighted by atomic mass is 32.2. The van der Waals surface area contributed by atoms with E-state index in [2.05, 4.69) is 31.6 Å². The summed E-state index contributed by atoms with van der Waals surface area (Å²) >= 11 is 3.41. The molecule has 4 rings (SSSR count). The summed E-state index contributed by atoms with van der Waals surface area (Å²) in [5, 5.41) is 1.86. The number of aromatic nitrogens is 2. The molecule has 2 aliphatic rings. The largest absolute Gasteiger partial charge is 0.284 e. The molecule has 3 nitrogen and oxygen atoms in total. The number of hydrogen-bond acceptors (Lipinski definition) is 4. The Labute approximate surface area is 164 Å². The van der Waals surface area contributed by atoms with Crippen molar-refractivity contribution in [2.45, 2.75) is 83.3 Å². The molecule has 142 valence electrons. The molecule has 0 radical (unpaired) electrons. The van der Waals surface area contributed by atoms with Crippen LogP contribution in [0, 0.1) is 11.3 Å². The van der Waals surface area contributed by atoms with Crippen molar-refractivity contribution < 1.29 is 0 Å². The molecule has 0 bridgehead atoms. The Bertz CT molecular complexity index is 869. The van der Waals surface area contributed by atoms with Crippen molar-refractivity contribution in [1.29, 1.82) is 0 Å². The lowest BCUT2D eigenvalue weighted by Crippen LogP contribution is -2.30. The van der Waals surface area contributed by atoms with Crippen LogP contribution < -0.4 is 5.56 Å². The number of thioether (sulfide) groups is 1. The summed E-state index contributed by atoms with van der Waals surface area (Å²) < 4.78 is 2.05. The quantitative estimate of drug-likeness (QED) is 0.477. The van der Waals surface area contributed by atoms with Gasteiger partial charge in [-0.05, 0) is 55.3 Å². The highest BCUT2D eigenvalue weighted by Crippen LogP contribution is 2.42. The molecule has 2 aliphatic carbocycles. The Morgan fingerprint density at radius 2 is 1.88 bits per heavy atom. The second kappa shape index (κ2) is 6.97. The molecule has 5 heteroatoms. The summed E-state index contributed by atoms with van der Waals surface area (Å²) in [5.41, 5.74) is 1.88. The number of fused-ring (bicyclic) bond motifs is 3. The molecule has 0 N–H and O–H groups in total. The van der Waals surface area contributed by atoms with E-state index < -0.39 is 0 Å². The number of thiophene rings is 1. The van der Waals surface area contributed by atoms with Crippen molar-refractivity contribution >= 4 is 33.3 Å².